The summed E-state index contributed by atoms with van der Waals surface area (Å²) in [5.41, 5.74) is 0.904. The standard InChI is InChI=1S/C17H16ClFN2O2/c1-11(22)20-16(10-12-4-2-3-5-15(12)19)17(23)21-14-8-6-13(18)7-9-14/h2-9,16H,10H2,1H3,(H,20,22)(H,21,23). The minimum atomic E-state index is -0.875. The summed E-state index contributed by atoms with van der Waals surface area (Å²) in [4.78, 5) is 23.7. The van der Waals surface area contributed by atoms with Gasteiger partial charge in [-0.1, -0.05) is 29.8 Å². The average molecular weight is 335 g/mol. The van der Waals surface area contributed by atoms with Gasteiger partial charge in [0, 0.05) is 24.1 Å². The third kappa shape index (κ3) is 5.07. The van der Waals surface area contributed by atoms with E-state index in [4.69, 9.17) is 11.6 Å². The van der Waals surface area contributed by atoms with Gasteiger partial charge in [0.1, 0.15) is 11.9 Å². The number of nitrogens with one attached hydrogen (secondary N) is 2. The zero-order valence-corrected chi connectivity index (χ0v) is 13.2. The van der Waals surface area contributed by atoms with Gasteiger partial charge in [0.05, 0.1) is 0 Å². The van der Waals surface area contributed by atoms with E-state index in [0.29, 0.717) is 16.3 Å². The molecule has 2 rings (SSSR count). The van der Waals surface area contributed by atoms with Gasteiger partial charge in [0.2, 0.25) is 11.8 Å². The zero-order chi connectivity index (χ0) is 16.8. The average Bonchev–Trinajstić information content (AvgIpc) is 2.50. The largest absolute Gasteiger partial charge is 0.344 e. The van der Waals surface area contributed by atoms with E-state index in [9.17, 15) is 14.0 Å². The van der Waals surface area contributed by atoms with Gasteiger partial charge in [-0.25, -0.2) is 4.39 Å². The number of carbonyl (C=O) groups is 2. The van der Waals surface area contributed by atoms with Gasteiger partial charge in [-0.2, -0.15) is 0 Å². The van der Waals surface area contributed by atoms with Crippen molar-refractivity contribution in [2.45, 2.75) is 19.4 Å². The Morgan fingerprint density at radius 2 is 1.78 bits per heavy atom. The number of carbonyl (C=O) groups excluding carboxylic acids is 2. The van der Waals surface area contributed by atoms with Crippen LogP contribution in [0.25, 0.3) is 0 Å². The van der Waals surface area contributed by atoms with Gasteiger partial charge < -0.3 is 10.6 Å². The monoisotopic (exact) mass is 334 g/mol. The van der Waals surface area contributed by atoms with Crippen LogP contribution in [-0.2, 0) is 16.0 Å². The number of benzene rings is 2. The molecule has 2 N–H and O–H groups in total. The van der Waals surface area contributed by atoms with E-state index in [2.05, 4.69) is 10.6 Å². The van der Waals surface area contributed by atoms with E-state index in [-0.39, 0.29) is 12.3 Å². The van der Waals surface area contributed by atoms with Crippen LogP contribution in [0.15, 0.2) is 48.5 Å². The molecule has 2 aromatic carbocycles. The highest BCUT2D eigenvalue weighted by molar-refractivity contribution is 6.30. The van der Waals surface area contributed by atoms with Crippen LogP contribution in [0.2, 0.25) is 5.02 Å². The highest BCUT2D eigenvalue weighted by atomic mass is 35.5. The van der Waals surface area contributed by atoms with E-state index < -0.39 is 17.8 Å². The number of hydrogen-bond acceptors (Lipinski definition) is 2. The molecule has 0 aliphatic rings. The summed E-state index contributed by atoms with van der Waals surface area (Å²) in [5.74, 6) is -1.20. The SMILES string of the molecule is CC(=O)NC(Cc1ccccc1F)C(=O)Nc1ccc(Cl)cc1. The van der Waals surface area contributed by atoms with E-state index in [1.54, 1.807) is 42.5 Å². The van der Waals surface area contributed by atoms with Crippen LogP contribution in [0.5, 0.6) is 0 Å². The Kier molecular flexibility index (Phi) is 5.71. The topological polar surface area (TPSA) is 58.2 Å². The minimum absolute atomic E-state index is 0.0612. The molecular weight excluding hydrogens is 319 g/mol. The molecule has 0 saturated heterocycles. The second kappa shape index (κ2) is 7.74. The Morgan fingerprint density at radius 3 is 2.39 bits per heavy atom. The third-order valence-corrected chi connectivity index (χ3v) is 3.44. The lowest BCUT2D eigenvalue weighted by Gasteiger charge is -2.18. The predicted octanol–water partition coefficient (Wildman–Crippen LogP) is 3.17. The van der Waals surface area contributed by atoms with E-state index in [1.807, 2.05) is 0 Å². The molecule has 0 bridgehead atoms. The molecule has 0 aliphatic carbocycles. The molecule has 0 aromatic heterocycles. The molecule has 0 spiro atoms. The Balaban J connectivity index is 2.13. The number of anilines is 1. The Bertz CT molecular complexity index is 704. The molecule has 4 nitrogen and oxygen atoms in total. The van der Waals surface area contributed by atoms with Crippen LogP contribution in [-0.4, -0.2) is 17.9 Å². The van der Waals surface area contributed by atoms with Crippen LogP contribution in [0.3, 0.4) is 0 Å². The number of amides is 2. The molecule has 1 unspecified atom stereocenters. The van der Waals surface area contributed by atoms with Crippen molar-refractivity contribution in [3.63, 3.8) is 0 Å². The van der Waals surface area contributed by atoms with Gasteiger partial charge in [0.15, 0.2) is 0 Å². The lowest BCUT2D eigenvalue weighted by molar-refractivity contribution is -0.125. The molecule has 2 aromatic rings. The van der Waals surface area contributed by atoms with Gasteiger partial charge in [0.25, 0.3) is 0 Å². The first kappa shape index (κ1) is 17.0. The second-order valence-corrected chi connectivity index (χ2v) is 5.48. The summed E-state index contributed by atoms with van der Waals surface area (Å²) in [6.45, 7) is 1.31. The lowest BCUT2D eigenvalue weighted by Crippen LogP contribution is -2.44. The van der Waals surface area contributed by atoms with E-state index in [0.717, 1.165) is 0 Å². The molecule has 0 radical (unpaired) electrons. The summed E-state index contributed by atoms with van der Waals surface area (Å²) in [6.07, 6.45) is 0.0612. The first-order valence-electron chi connectivity index (χ1n) is 7.02. The molecule has 0 saturated carbocycles. The molecule has 0 fully saturated rings. The molecule has 2 amide bonds. The van der Waals surface area contributed by atoms with Gasteiger partial charge in [-0.3, -0.25) is 9.59 Å². The minimum Gasteiger partial charge on any atom is -0.344 e. The fourth-order valence-corrected chi connectivity index (χ4v) is 2.23. The normalized spacial score (nSPS) is 11.6. The summed E-state index contributed by atoms with van der Waals surface area (Å²) in [5, 5.41) is 5.77. The van der Waals surface area contributed by atoms with Crippen molar-refractivity contribution in [2.75, 3.05) is 5.32 Å². The molecule has 23 heavy (non-hydrogen) atoms. The van der Waals surface area contributed by atoms with Crippen molar-refractivity contribution < 1.29 is 14.0 Å². The number of hydrogen-bond donors (Lipinski definition) is 2. The van der Waals surface area contributed by atoms with Crippen molar-refractivity contribution in [1.82, 2.24) is 5.32 Å². The van der Waals surface area contributed by atoms with Crippen molar-refractivity contribution in [2.24, 2.45) is 0 Å². The van der Waals surface area contributed by atoms with Crippen molar-refractivity contribution in [3.05, 3.63) is 64.9 Å². The van der Waals surface area contributed by atoms with Crippen LogP contribution < -0.4 is 10.6 Å². The van der Waals surface area contributed by atoms with Crippen LogP contribution in [0.4, 0.5) is 10.1 Å². The smallest absolute Gasteiger partial charge is 0.247 e. The number of rotatable bonds is 5. The highest BCUT2D eigenvalue weighted by Crippen LogP contribution is 2.15. The fraction of sp³-hybridized carbons (Fsp3) is 0.176. The zero-order valence-electron chi connectivity index (χ0n) is 12.5. The Labute approximate surface area is 138 Å². The predicted molar refractivity (Wildman–Crippen MR) is 87.8 cm³/mol. The van der Waals surface area contributed by atoms with Crippen molar-refractivity contribution in [3.8, 4) is 0 Å². The maximum absolute atomic E-state index is 13.8. The maximum Gasteiger partial charge on any atom is 0.247 e. The van der Waals surface area contributed by atoms with Crippen molar-refractivity contribution in [1.29, 1.82) is 0 Å². The molecule has 0 heterocycles. The van der Waals surface area contributed by atoms with Gasteiger partial charge in [-0.05, 0) is 35.9 Å². The maximum atomic E-state index is 13.8. The van der Waals surface area contributed by atoms with E-state index >= 15 is 0 Å². The summed E-state index contributed by atoms with van der Waals surface area (Å²) in [6, 6.07) is 11.8. The molecule has 0 aliphatic heterocycles. The van der Waals surface area contributed by atoms with Crippen LogP contribution in [0.1, 0.15) is 12.5 Å². The lowest BCUT2D eigenvalue weighted by atomic mass is 10.0. The first-order chi connectivity index (χ1) is 11.0. The molecular formula is C17H16ClFN2O2. The quantitative estimate of drug-likeness (QED) is 0.882. The number of halogens is 2. The molecule has 1 atom stereocenters. The summed E-state index contributed by atoms with van der Waals surface area (Å²) < 4.78 is 13.8. The van der Waals surface area contributed by atoms with Crippen LogP contribution in [0, 0.1) is 5.82 Å². The highest BCUT2D eigenvalue weighted by Gasteiger charge is 2.21. The Hall–Kier alpha value is -2.40. The molecule has 120 valence electrons. The third-order valence-electron chi connectivity index (χ3n) is 3.19. The fourth-order valence-electron chi connectivity index (χ4n) is 2.10. The summed E-state index contributed by atoms with van der Waals surface area (Å²) in [7, 11) is 0. The van der Waals surface area contributed by atoms with Gasteiger partial charge in [-0.15, -0.1) is 0 Å². The van der Waals surface area contributed by atoms with E-state index in [1.165, 1.54) is 13.0 Å². The molecule has 6 heteroatoms. The van der Waals surface area contributed by atoms with Crippen LogP contribution >= 0.6 is 11.6 Å². The first-order valence-corrected chi connectivity index (χ1v) is 7.40. The summed E-state index contributed by atoms with van der Waals surface area (Å²) >= 11 is 5.79. The van der Waals surface area contributed by atoms with Gasteiger partial charge >= 0.3 is 0 Å². The van der Waals surface area contributed by atoms with Crippen molar-refractivity contribution >= 4 is 29.1 Å². The second-order valence-electron chi connectivity index (χ2n) is 5.04. The Morgan fingerprint density at radius 1 is 1.13 bits per heavy atom.